The van der Waals surface area contributed by atoms with Gasteiger partial charge in [0.2, 0.25) is 0 Å². The Kier molecular flexibility index (Phi) is 8.10. The molecule has 0 spiro atoms. The van der Waals surface area contributed by atoms with Crippen molar-refractivity contribution in [2.75, 3.05) is 26.0 Å². The van der Waals surface area contributed by atoms with Gasteiger partial charge in [-0.1, -0.05) is 26.0 Å². The molecule has 108 valence electrons. The summed E-state index contributed by atoms with van der Waals surface area (Å²) in [6, 6.07) is 5.31. The normalized spacial score (nSPS) is 11.2. The zero-order chi connectivity index (χ0) is 14.1. The molecule has 0 bridgehead atoms. The highest BCUT2D eigenvalue weighted by atomic mass is 32.2. The fourth-order valence-corrected chi connectivity index (χ4v) is 2.73. The predicted molar refractivity (Wildman–Crippen MR) is 80.2 cm³/mol. The summed E-state index contributed by atoms with van der Waals surface area (Å²) in [6.45, 7) is 6.73. The molecule has 0 aliphatic carbocycles. The molecule has 2 nitrogen and oxygen atoms in total. The molecule has 19 heavy (non-hydrogen) atoms. The van der Waals surface area contributed by atoms with Gasteiger partial charge >= 0.3 is 0 Å². The summed E-state index contributed by atoms with van der Waals surface area (Å²) in [5.74, 6) is 1.36. The van der Waals surface area contributed by atoms with Crippen molar-refractivity contribution in [3.63, 3.8) is 0 Å². The highest BCUT2D eigenvalue weighted by Gasteiger charge is 2.08. The Morgan fingerprint density at radius 3 is 2.84 bits per heavy atom. The van der Waals surface area contributed by atoms with Gasteiger partial charge in [0.05, 0.1) is 0 Å². The lowest BCUT2D eigenvalue weighted by Crippen LogP contribution is -2.19. The lowest BCUT2D eigenvalue weighted by molar-refractivity contribution is 0.200. The van der Waals surface area contributed by atoms with Crippen LogP contribution >= 0.6 is 11.8 Å². The minimum Gasteiger partial charge on any atom is -0.385 e. The lowest BCUT2D eigenvalue weighted by atomic mass is 10.2. The van der Waals surface area contributed by atoms with Crippen LogP contribution < -0.4 is 5.32 Å². The van der Waals surface area contributed by atoms with Gasteiger partial charge in [-0.15, -0.1) is 11.8 Å². The molecule has 0 saturated carbocycles. The molecule has 1 aromatic rings. The highest BCUT2D eigenvalue weighted by molar-refractivity contribution is 7.99. The third kappa shape index (κ3) is 6.41. The minimum atomic E-state index is -0.119. The zero-order valence-electron chi connectivity index (χ0n) is 12.0. The van der Waals surface area contributed by atoms with E-state index in [1.54, 1.807) is 24.9 Å². The number of benzene rings is 1. The second kappa shape index (κ2) is 9.34. The van der Waals surface area contributed by atoms with E-state index in [-0.39, 0.29) is 5.82 Å². The van der Waals surface area contributed by atoms with E-state index in [2.05, 4.69) is 19.2 Å². The van der Waals surface area contributed by atoms with E-state index in [1.165, 1.54) is 6.07 Å². The third-order valence-corrected chi connectivity index (χ3v) is 3.89. The largest absolute Gasteiger partial charge is 0.385 e. The Bertz CT molecular complexity index is 371. The molecule has 1 N–H and O–H groups in total. The number of hydrogen-bond acceptors (Lipinski definition) is 3. The Morgan fingerprint density at radius 2 is 2.16 bits per heavy atom. The van der Waals surface area contributed by atoms with Gasteiger partial charge in [-0.05, 0) is 30.5 Å². The van der Waals surface area contributed by atoms with Crippen LogP contribution in [0.25, 0.3) is 0 Å². The molecule has 0 aliphatic heterocycles. The first kappa shape index (κ1) is 16.5. The molecular formula is C15H24FNOS. The summed E-state index contributed by atoms with van der Waals surface area (Å²) in [6.07, 6.45) is 0.939. The van der Waals surface area contributed by atoms with Gasteiger partial charge in [0.15, 0.2) is 0 Å². The number of rotatable bonds is 9. The minimum absolute atomic E-state index is 0.119. The molecule has 0 heterocycles. The van der Waals surface area contributed by atoms with Gasteiger partial charge in [-0.3, -0.25) is 0 Å². The van der Waals surface area contributed by atoms with Crippen LogP contribution in [-0.2, 0) is 11.3 Å². The first-order valence-corrected chi connectivity index (χ1v) is 7.73. The summed E-state index contributed by atoms with van der Waals surface area (Å²) >= 11 is 1.58. The third-order valence-electron chi connectivity index (χ3n) is 2.66. The van der Waals surface area contributed by atoms with Crippen LogP contribution in [0.4, 0.5) is 4.39 Å². The van der Waals surface area contributed by atoms with Crippen molar-refractivity contribution in [3.8, 4) is 0 Å². The van der Waals surface area contributed by atoms with E-state index in [9.17, 15) is 4.39 Å². The number of halogens is 1. The van der Waals surface area contributed by atoms with Crippen LogP contribution in [-0.4, -0.2) is 26.0 Å². The van der Waals surface area contributed by atoms with Gasteiger partial charge in [0.1, 0.15) is 5.82 Å². The Hall–Kier alpha value is -0.580. The van der Waals surface area contributed by atoms with Crippen molar-refractivity contribution < 1.29 is 9.13 Å². The molecule has 0 fully saturated rings. The van der Waals surface area contributed by atoms with Crippen molar-refractivity contribution in [3.05, 3.63) is 29.6 Å². The van der Waals surface area contributed by atoms with E-state index in [1.807, 2.05) is 6.07 Å². The van der Waals surface area contributed by atoms with E-state index < -0.39 is 0 Å². The molecule has 0 radical (unpaired) electrons. The molecule has 1 aromatic carbocycles. The van der Waals surface area contributed by atoms with Crippen molar-refractivity contribution in [2.24, 2.45) is 5.92 Å². The number of methoxy groups -OCH3 is 1. The molecule has 0 amide bonds. The second-order valence-corrected chi connectivity index (χ2v) is 6.05. The van der Waals surface area contributed by atoms with Crippen LogP contribution in [0.3, 0.4) is 0 Å². The maximum Gasteiger partial charge on any atom is 0.137 e. The summed E-state index contributed by atoms with van der Waals surface area (Å²) < 4.78 is 18.9. The van der Waals surface area contributed by atoms with Crippen molar-refractivity contribution in [1.29, 1.82) is 0 Å². The summed E-state index contributed by atoms with van der Waals surface area (Å²) in [5, 5.41) is 3.37. The average molecular weight is 285 g/mol. The molecular weight excluding hydrogens is 261 g/mol. The molecule has 0 atom stereocenters. The first-order valence-electron chi connectivity index (χ1n) is 6.75. The highest BCUT2D eigenvalue weighted by Crippen LogP contribution is 2.26. The fraction of sp³-hybridized carbons (Fsp3) is 0.600. The molecule has 0 aromatic heterocycles. The van der Waals surface area contributed by atoms with E-state index in [4.69, 9.17) is 4.74 Å². The van der Waals surface area contributed by atoms with Crippen LogP contribution in [0, 0.1) is 11.7 Å². The fourth-order valence-electron chi connectivity index (χ4n) is 1.73. The number of ether oxygens (including phenoxy) is 1. The van der Waals surface area contributed by atoms with E-state index >= 15 is 0 Å². The molecule has 0 saturated heterocycles. The molecule has 4 heteroatoms. The average Bonchev–Trinajstić information content (AvgIpc) is 2.36. The van der Waals surface area contributed by atoms with Crippen LogP contribution in [0.5, 0.6) is 0 Å². The Balaban J connectivity index is 2.56. The molecule has 1 rings (SSSR count). The lowest BCUT2D eigenvalue weighted by Gasteiger charge is -2.12. The monoisotopic (exact) mass is 285 g/mol. The Morgan fingerprint density at radius 1 is 1.37 bits per heavy atom. The van der Waals surface area contributed by atoms with Crippen LogP contribution in [0.1, 0.15) is 25.8 Å². The first-order chi connectivity index (χ1) is 9.15. The van der Waals surface area contributed by atoms with Crippen molar-refractivity contribution in [2.45, 2.75) is 31.7 Å². The predicted octanol–water partition coefficient (Wildman–Crippen LogP) is 3.70. The number of nitrogens with one attached hydrogen (secondary N) is 1. The van der Waals surface area contributed by atoms with Crippen molar-refractivity contribution in [1.82, 2.24) is 5.32 Å². The van der Waals surface area contributed by atoms with Crippen LogP contribution in [0.15, 0.2) is 23.1 Å². The van der Waals surface area contributed by atoms with Crippen LogP contribution in [0.2, 0.25) is 0 Å². The Labute approximate surface area is 120 Å². The number of hydrogen-bond donors (Lipinski definition) is 1. The quantitative estimate of drug-likeness (QED) is 0.552. The van der Waals surface area contributed by atoms with E-state index in [0.717, 1.165) is 42.3 Å². The second-order valence-electron chi connectivity index (χ2n) is 4.95. The van der Waals surface area contributed by atoms with Gasteiger partial charge in [0, 0.05) is 30.9 Å². The molecule has 0 aliphatic rings. The standard InChI is InChI=1S/C15H24FNOS/c1-12(2)10-17-11-13-6-4-7-14(16)15(13)19-9-5-8-18-3/h4,6-7,12,17H,5,8-11H2,1-3H3. The maximum atomic E-state index is 13.9. The summed E-state index contributed by atoms with van der Waals surface area (Å²) in [5.41, 5.74) is 1.04. The topological polar surface area (TPSA) is 21.3 Å². The molecule has 0 unspecified atom stereocenters. The van der Waals surface area contributed by atoms with Crippen molar-refractivity contribution >= 4 is 11.8 Å². The summed E-state index contributed by atoms with van der Waals surface area (Å²) in [7, 11) is 1.69. The zero-order valence-corrected chi connectivity index (χ0v) is 12.9. The van der Waals surface area contributed by atoms with E-state index in [0.29, 0.717) is 5.92 Å². The smallest absolute Gasteiger partial charge is 0.137 e. The number of thioether (sulfide) groups is 1. The summed E-state index contributed by atoms with van der Waals surface area (Å²) in [4.78, 5) is 0.773. The van der Waals surface area contributed by atoms with Gasteiger partial charge < -0.3 is 10.1 Å². The van der Waals surface area contributed by atoms with Gasteiger partial charge in [0.25, 0.3) is 0 Å². The van der Waals surface area contributed by atoms with Gasteiger partial charge in [-0.25, -0.2) is 4.39 Å². The SMILES string of the molecule is COCCCSc1c(F)cccc1CNCC(C)C. The van der Waals surface area contributed by atoms with Gasteiger partial charge in [-0.2, -0.15) is 0 Å². The maximum absolute atomic E-state index is 13.9.